The van der Waals surface area contributed by atoms with Crippen LogP contribution in [0.2, 0.25) is 0 Å². The lowest BCUT2D eigenvalue weighted by Crippen LogP contribution is -2.51. The van der Waals surface area contributed by atoms with Gasteiger partial charge in [-0.15, -0.1) is 0 Å². The Bertz CT molecular complexity index is 1310. The van der Waals surface area contributed by atoms with E-state index in [-0.39, 0.29) is 17.9 Å². The van der Waals surface area contributed by atoms with E-state index in [1.54, 1.807) is 12.3 Å². The minimum atomic E-state index is -0.768. The Kier molecular flexibility index (Phi) is 3.99. The van der Waals surface area contributed by atoms with Crippen LogP contribution < -0.4 is 5.32 Å². The molecule has 2 bridgehead atoms. The van der Waals surface area contributed by atoms with Gasteiger partial charge < -0.3 is 19.8 Å². The van der Waals surface area contributed by atoms with E-state index in [1.165, 1.54) is 12.3 Å². The lowest BCUT2D eigenvalue weighted by atomic mass is 9.61. The Hall–Kier alpha value is -3.49. The van der Waals surface area contributed by atoms with Crippen molar-refractivity contribution in [2.24, 2.45) is 17.8 Å². The molecule has 3 fully saturated rings. The zero-order chi connectivity index (χ0) is 21.1. The summed E-state index contributed by atoms with van der Waals surface area (Å²) in [6, 6.07) is 2.91. The second-order valence-electron chi connectivity index (χ2n) is 8.49. The first kappa shape index (κ1) is 18.3. The lowest BCUT2D eigenvalue weighted by molar-refractivity contribution is -0.148. The van der Waals surface area contributed by atoms with Crippen LogP contribution in [0.1, 0.15) is 25.7 Å². The van der Waals surface area contributed by atoms with Crippen molar-refractivity contribution in [3.05, 3.63) is 36.6 Å². The fourth-order valence-electron chi connectivity index (χ4n) is 5.42. The highest BCUT2D eigenvalue weighted by Crippen LogP contribution is 2.46. The number of furan rings is 1. The molecule has 2 atom stereocenters. The SMILES string of the molecule is O=C(O)[C@H]1C2CCC(CC2)[C@@H]1Nc1nc(-c2c[nH]c3ncc(F)cc23)nc2ccoc12. The first-order valence-corrected chi connectivity index (χ1v) is 10.5. The molecule has 3 saturated carbocycles. The van der Waals surface area contributed by atoms with Crippen LogP contribution in [0.4, 0.5) is 10.2 Å². The molecule has 31 heavy (non-hydrogen) atoms. The van der Waals surface area contributed by atoms with Gasteiger partial charge >= 0.3 is 5.97 Å². The zero-order valence-electron chi connectivity index (χ0n) is 16.5. The number of nitrogens with one attached hydrogen (secondary N) is 2. The molecule has 0 amide bonds. The third-order valence-corrected chi connectivity index (χ3v) is 6.85. The summed E-state index contributed by atoms with van der Waals surface area (Å²) in [5, 5.41) is 13.9. The van der Waals surface area contributed by atoms with Crippen LogP contribution in [0.5, 0.6) is 0 Å². The molecule has 0 saturated heterocycles. The van der Waals surface area contributed by atoms with Gasteiger partial charge in [-0.3, -0.25) is 4.79 Å². The number of aromatic amines is 1. The molecule has 4 aromatic heterocycles. The van der Waals surface area contributed by atoms with Gasteiger partial charge in [0.15, 0.2) is 17.2 Å². The summed E-state index contributed by atoms with van der Waals surface area (Å²) in [7, 11) is 0. The number of carboxylic acids is 1. The minimum absolute atomic E-state index is 0.177. The average molecular weight is 421 g/mol. The van der Waals surface area contributed by atoms with Crippen molar-refractivity contribution in [2.75, 3.05) is 5.32 Å². The van der Waals surface area contributed by atoms with Gasteiger partial charge in [-0.2, -0.15) is 0 Å². The quantitative estimate of drug-likeness (QED) is 0.452. The van der Waals surface area contributed by atoms with E-state index >= 15 is 0 Å². The number of aromatic nitrogens is 4. The number of carbonyl (C=O) groups is 1. The second kappa shape index (κ2) is 6.76. The van der Waals surface area contributed by atoms with Crippen LogP contribution in [0.3, 0.4) is 0 Å². The number of aliphatic carboxylic acids is 1. The molecule has 0 spiro atoms. The first-order chi connectivity index (χ1) is 15.1. The van der Waals surface area contributed by atoms with Crippen LogP contribution in [0, 0.1) is 23.6 Å². The third kappa shape index (κ3) is 2.87. The van der Waals surface area contributed by atoms with Crippen molar-refractivity contribution in [3.8, 4) is 11.4 Å². The predicted molar refractivity (Wildman–Crippen MR) is 111 cm³/mol. The fraction of sp³-hybridized carbons (Fsp3) is 0.364. The summed E-state index contributed by atoms with van der Waals surface area (Å²) < 4.78 is 19.4. The van der Waals surface area contributed by atoms with Gasteiger partial charge in [-0.25, -0.2) is 19.3 Å². The van der Waals surface area contributed by atoms with Gasteiger partial charge in [0.1, 0.15) is 17.0 Å². The molecule has 158 valence electrons. The van der Waals surface area contributed by atoms with Crippen molar-refractivity contribution >= 4 is 33.9 Å². The van der Waals surface area contributed by atoms with Gasteiger partial charge in [-0.05, 0) is 43.6 Å². The molecule has 3 aliphatic carbocycles. The van der Waals surface area contributed by atoms with Crippen molar-refractivity contribution in [2.45, 2.75) is 31.7 Å². The van der Waals surface area contributed by atoms with E-state index < -0.39 is 17.7 Å². The van der Waals surface area contributed by atoms with Crippen LogP contribution in [-0.2, 0) is 4.79 Å². The highest BCUT2D eigenvalue weighted by atomic mass is 19.1. The molecule has 7 rings (SSSR count). The third-order valence-electron chi connectivity index (χ3n) is 6.85. The molecule has 3 aliphatic rings. The molecule has 4 aromatic rings. The summed E-state index contributed by atoms with van der Waals surface area (Å²) >= 11 is 0. The number of H-pyrrole nitrogens is 1. The summed E-state index contributed by atoms with van der Waals surface area (Å²) in [4.78, 5) is 28.4. The second-order valence-corrected chi connectivity index (χ2v) is 8.49. The Morgan fingerprint density at radius 3 is 2.84 bits per heavy atom. The standard InChI is InChI=1S/C22H20FN5O3/c23-12-7-13-14(9-25-19(13)24-8-12)20-26-15-5-6-31-18(15)21(28-20)27-17-11-3-1-10(2-4-11)16(17)22(29)30/h5-11,16-17H,1-4H2,(H,24,25)(H,29,30)(H,26,27,28)/t10?,11?,16-,17-/m0/s1. The minimum Gasteiger partial charge on any atom is -0.481 e. The smallest absolute Gasteiger partial charge is 0.308 e. The largest absolute Gasteiger partial charge is 0.481 e. The van der Waals surface area contributed by atoms with Gasteiger partial charge in [0, 0.05) is 29.3 Å². The maximum atomic E-state index is 13.8. The normalized spacial score (nSPS) is 25.3. The number of hydrogen-bond donors (Lipinski definition) is 3. The molecule has 3 N–H and O–H groups in total. The highest BCUT2D eigenvalue weighted by molar-refractivity contribution is 5.94. The van der Waals surface area contributed by atoms with Gasteiger partial charge in [-0.1, -0.05) is 0 Å². The maximum absolute atomic E-state index is 13.8. The number of halogens is 1. The molecular weight excluding hydrogens is 401 g/mol. The predicted octanol–water partition coefficient (Wildman–Crippen LogP) is 4.21. The molecule has 0 unspecified atom stereocenters. The molecule has 4 heterocycles. The van der Waals surface area contributed by atoms with Crippen LogP contribution >= 0.6 is 0 Å². The summed E-state index contributed by atoms with van der Waals surface area (Å²) in [6.07, 6.45) is 8.33. The van der Waals surface area contributed by atoms with Crippen molar-refractivity contribution in [1.82, 2.24) is 19.9 Å². The number of carboxylic acid groups (broad SMARTS) is 1. The van der Waals surface area contributed by atoms with E-state index in [1.807, 2.05) is 0 Å². The van der Waals surface area contributed by atoms with Crippen molar-refractivity contribution in [1.29, 1.82) is 0 Å². The molecular formula is C22H20FN5O3. The fourth-order valence-corrected chi connectivity index (χ4v) is 5.42. The van der Waals surface area contributed by atoms with E-state index in [0.29, 0.717) is 39.3 Å². The van der Waals surface area contributed by atoms with E-state index in [0.717, 1.165) is 31.9 Å². The topological polar surface area (TPSA) is 117 Å². The lowest BCUT2D eigenvalue weighted by Gasteiger charge is -2.47. The summed E-state index contributed by atoms with van der Waals surface area (Å²) in [6.45, 7) is 0. The van der Waals surface area contributed by atoms with Gasteiger partial charge in [0.05, 0.1) is 18.4 Å². The van der Waals surface area contributed by atoms with Gasteiger partial charge in [0.25, 0.3) is 0 Å². The Morgan fingerprint density at radius 2 is 2.03 bits per heavy atom. The molecule has 9 heteroatoms. The van der Waals surface area contributed by atoms with Crippen LogP contribution in [-0.4, -0.2) is 37.1 Å². The van der Waals surface area contributed by atoms with Crippen molar-refractivity contribution < 1.29 is 18.7 Å². The number of pyridine rings is 1. The van der Waals surface area contributed by atoms with E-state index in [2.05, 4.69) is 25.3 Å². The molecule has 0 aromatic carbocycles. The number of hydrogen-bond acceptors (Lipinski definition) is 6. The van der Waals surface area contributed by atoms with Crippen LogP contribution in [0.15, 0.2) is 35.2 Å². The Morgan fingerprint density at radius 1 is 1.23 bits per heavy atom. The number of fused-ring (bicyclic) bond motifs is 5. The number of rotatable bonds is 4. The average Bonchev–Trinajstić information content (AvgIpc) is 3.41. The molecule has 0 aliphatic heterocycles. The zero-order valence-corrected chi connectivity index (χ0v) is 16.5. The Labute approximate surface area is 175 Å². The highest BCUT2D eigenvalue weighted by Gasteiger charge is 2.47. The summed E-state index contributed by atoms with van der Waals surface area (Å²) in [5.41, 5.74) is 2.24. The maximum Gasteiger partial charge on any atom is 0.308 e. The monoisotopic (exact) mass is 421 g/mol. The molecule has 8 nitrogen and oxygen atoms in total. The van der Waals surface area contributed by atoms with E-state index in [4.69, 9.17) is 4.42 Å². The van der Waals surface area contributed by atoms with Crippen LogP contribution in [0.25, 0.3) is 33.5 Å². The molecule has 0 radical (unpaired) electrons. The number of anilines is 1. The summed E-state index contributed by atoms with van der Waals surface area (Å²) in [5.74, 6) is -0.358. The van der Waals surface area contributed by atoms with Gasteiger partial charge in [0.2, 0.25) is 0 Å². The van der Waals surface area contributed by atoms with Crippen molar-refractivity contribution in [3.63, 3.8) is 0 Å². The van der Waals surface area contributed by atoms with E-state index in [9.17, 15) is 14.3 Å². The Balaban J connectivity index is 1.46. The number of nitrogens with zero attached hydrogens (tertiary/aromatic N) is 3. The first-order valence-electron chi connectivity index (χ1n) is 10.5.